The summed E-state index contributed by atoms with van der Waals surface area (Å²) in [5.74, 6) is 1.94. The number of aromatic nitrogens is 3. The Morgan fingerprint density at radius 1 is 1.44 bits per heavy atom. The highest BCUT2D eigenvalue weighted by molar-refractivity contribution is 4.99. The molecule has 2 N–H and O–H groups in total. The van der Waals surface area contributed by atoms with Crippen molar-refractivity contribution >= 4 is 0 Å². The van der Waals surface area contributed by atoms with Gasteiger partial charge in [-0.2, -0.15) is 5.10 Å². The van der Waals surface area contributed by atoms with E-state index in [0.29, 0.717) is 6.04 Å². The maximum atomic E-state index is 6.13. The Bertz CT molecular complexity index is 461. The molecule has 2 heterocycles. The van der Waals surface area contributed by atoms with Crippen LogP contribution in [0.1, 0.15) is 37.9 Å². The molecule has 2 aromatic heterocycles. The molecule has 0 spiro atoms. The predicted octanol–water partition coefficient (Wildman–Crippen LogP) is 1.95. The predicted molar refractivity (Wildman–Crippen MR) is 69.1 cm³/mol. The van der Waals surface area contributed by atoms with E-state index >= 15 is 0 Å². The maximum absolute atomic E-state index is 6.13. The van der Waals surface area contributed by atoms with E-state index in [-0.39, 0.29) is 6.04 Å². The SMILES string of the molecule is CC(C)n1ncnc1CC(N)CCc1ccco1. The summed E-state index contributed by atoms with van der Waals surface area (Å²) in [6.07, 6.45) is 5.78. The standard InChI is InChI=1S/C13H20N4O/c1-10(2)17-13(15-9-16-17)8-11(14)5-6-12-4-3-7-18-12/h3-4,7,9-11H,5-6,8,14H2,1-2H3. The third-order valence-corrected chi connectivity index (χ3v) is 2.92. The normalized spacial score (nSPS) is 13.1. The molecule has 0 aromatic carbocycles. The van der Waals surface area contributed by atoms with Crippen LogP contribution in [0.3, 0.4) is 0 Å². The second-order valence-electron chi connectivity index (χ2n) is 4.80. The van der Waals surface area contributed by atoms with Crippen LogP contribution in [-0.2, 0) is 12.8 Å². The van der Waals surface area contributed by atoms with Gasteiger partial charge in [-0.1, -0.05) is 0 Å². The van der Waals surface area contributed by atoms with E-state index in [1.54, 1.807) is 12.6 Å². The Kier molecular flexibility index (Phi) is 4.15. The summed E-state index contributed by atoms with van der Waals surface area (Å²) >= 11 is 0. The van der Waals surface area contributed by atoms with Gasteiger partial charge in [0.15, 0.2) is 0 Å². The quantitative estimate of drug-likeness (QED) is 0.848. The van der Waals surface area contributed by atoms with Crippen LogP contribution in [0, 0.1) is 0 Å². The summed E-state index contributed by atoms with van der Waals surface area (Å²) < 4.78 is 7.22. The van der Waals surface area contributed by atoms with Gasteiger partial charge >= 0.3 is 0 Å². The molecular weight excluding hydrogens is 228 g/mol. The van der Waals surface area contributed by atoms with Gasteiger partial charge in [0.25, 0.3) is 0 Å². The molecule has 18 heavy (non-hydrogen) atoms. The molecule has 1 atom stereocenters. The lowest BCUT2D eigenvalue weighted by Gasteiger charge is -2.13. The summed E-state index contributed by atoms with van der Waals surface area (Å²) in [5.41, 5.74) is 6.13. The molecule has 0 bridgehead atoms. The average Bonchev–Trinajstić information content (AvgIpc) is 2.96. The number of nitrogens with two attached hydrogens (primary N) is 1. The van der Waals surface area contributed by atoms with Gasteiger partial charge in [0.05, 0.1) is 6.26 Å². The number of hydrogen-bond acceptors (Lipinski definition) is 4. The van der Waals surface area contributed by atoms with Crippen molar-refractivity contribution in [2.45, 2.75) is 45.2 Å². The smallest absolute Gasteiger partial charge is 0.138 e. The van der Waals surface area contributed by atoms with Crippen LogP contribution >= 0.6 is 0 Å². The summed E-state index contributed by atoms with van der Waals surface area (Å²) in [7, 11) is 0. The number of nitrogens with zero attached hydrogens (tertiary/aromatic N) is 3. The molecule has 0 amide bonds. The lowest BCUT2D eigenvalue weighted by Crippen LogP contribution is -2.26. The molecule has 5 heteroatoms. The Morgan fingerprint density at radius 2 is 2.28 bits per heavy atom. The van der Waals surface area contributed by atoms with Gasteiger partial charge in [-0.15, -0.1) is 0 Å². The molecule has 0 aliphatic heterocycles. The fourth-order valence-electron chi connectivity index (χ4n) is 1.97. The summed E-state index contributed by atoms with van der Waals surface area (Å²) in [5, 5.41) is 4.21. The third kappa shape index (κ3) is 3.20. The van der Waals surface area contributed by atoms with Crippen molar-refractivity contribution in [3.8, 4) is 0 Å². The molecule has 2 aromatic rings. The van der Waals surface area contributed by atoms with Gasteiger partial charge in [0, 0.05) is 24.9 Å². The van der Waals surface area contributed by atoms with Crippen molar-refractivity contribution in [2.24, 2.45) is 5.73 Å². The molecule has 0 saturated carbocycles. The zero-order valence-corrected chi connectivity index (χ0v) is 10.9. The van der Waals surface area contributed by atoms with Crippen LogP contribution in [0.2, 0.25) is 0 Å². The van der Waals surface area contributed by atoms with Crippen LogP contribution in [0.4, 0.5) is 0 Å². The molecule has 0 radical (unpaired) electrons. The lowest BCUT2D eigenvalue weighted by molar-refractivity contribution is 0.463. The Hall–Kier alpha value is -1.62. The molecule has 98 valence electrons. The first-order valence-corrected chi connectivity index (χ1v) is 6.33. The van der Waals surface area contributed by atoms with Crippen molar-refractivity contribution in [3.63, 3.8) is 0 Å². The molecular formula is C13H20N4O. The molecule has 5 nitrogen and oxygen atoms in total. The van der Waals surface area contributed by atoms with E-state index in [1.807, 2.05) is 16.8 Å². The van der Waals surface area contributed by atoms with E-state index in [9.17, 15) is 0 Å². The Morgan fingerprint density at radius 3 is 2.94 bits per heavy atom. The monoisotopic (exact) mass is 248 g/mol. The van der Waals surface area contributed by atoms with E-state index in [0.717, 1.165) is 30.8 Å². The van der Waals surface area contributed by atoms with E-state index in [4.69, 9.17) is 10.2 Å². The molecule has 1 unspecified atom stereocenters. The van der Waals surface area contributed by atoms with Crippen LogP contribution in [0.15, 0.2) is 29.1 Å². The minimum atomic E-state index is 0.0804. The first-order chi connectivity index (χ1) is 8.66. The summed E-state index contributed by atoms with van der Waals surface area (Å²) in [6.45, 7) is 4.18. The highest BCUT2D eigenvalue weighted by Gasteiger charge is 2.12. The van der Waals surface area contributed by atoms with E-state index in [2.05, 4.69) is 23.9 Å². The Balaban J connectivity index is 1.87. The highest BCUT2D eigenvalue weighted by Crippen LogP contribution is 2.10. The molecule has 0 saturated heterocycles. The minimum absolute atomic E-state index is 0.0804. The summed E-state index contributed by atoms with van der Waals surface area (Å²) in [4.78, 5) is 4.27. The van der Waals surface area contributed by atoms with Crippen molar-refractivity contribution in [1.29, 1.82) is 0 Å². The topological polar surface area (TPSA) is 69.9 Å². The number of aryl methyl sites for hydroxylation is 1. The average molecular weight is 248 g/mol. The number of hydrogen-bond donors (Lipinski definition) is 1. The second-order valence-corrected chi connectivity index (χ2v) is 4.80. The van der Waals surface area contributed by atoms with Gasteiger partial charge in [0.2, 0.25) is 0 Å². The zero-order chi connectivity index (χ0) is 13.0. The van der Waals surface area contributed by atoms with Crippen LogP contribution in [0.5, 0.6) is 0 Å². The molecule has 0 aliphatic rings. The maximum Gasteiger partial charge on any atom is 0.138 e. The first-order valence-electron chi connectivity index (χ1n) is 6.33. The number of furan rings is 1. The highest BCUT2D eigenvalue weighted by atomic mass is 16.3. The van der Waals surface area contributed by atoms with Crippen molar-refractivity contribution in [3.05, 3.63) is 36.3 Å². The third-order valence-electron chi connectivity index (χ3n) is 2.92. The summed E-state index contributed by atoms with van der Waals surface area (Å²) in [6, 6.07) is 4.27. The molecule has 0 aliphatic carbocycles. The van der Waals surface area contributed by atoms with Crippen molar-refractivity contribution in [2.75, 3.05) is 0 Å². The van der Waals surface area contributed by atoms with Gasteiger partial charge in [-0.3, -0.25) is 0 Å². The van der Waals surface area contributed by atoms with Crippen LogP contribution in [-0.4, -0.2) is 20.8 Å². The van der Waals surface area contributed by atoms with E-state index < -0.39 is 0 Å². The second kappa shape index (κ2) is 5.82. The van der Waals surface area contributed by atoms with Crippen molar-refractivity contribution in [1.82, 2.24) is 14.8 Å². The van der Waals surface area contributed by atoms with Crippen LogP contribution < -0.4 is 5.73 Å². The molecule has 2 rings (SSSR count). The van der Waals surface area contributed by atoms with Gasteiger partial charge in [0.1, 0.15) is 17.9 Å². The largest absolute Gasteiger partial charge is 0.469 e. The fraction of sp³-hybridized carbons (Fsp3) is 0.538. The zero-order valence-electron chi connectivity index (χ0n) is 10.9. The van der Waals surface area contributed by atoms with Gasteiger partial charge in [-0.05, 0) is 32.4 Å². The fourth-order valence-corrected chi connectivity index (χ4v) is 1.97. The lowest BCUT2D eigenvalue weighted by atomic mass is 10.1. The van der Waals surface area contributed by atoms with Crippen molar-refractivity contribution < 1.29 is 4.42 Å². The Labute approximate surface area is 107 Å². The van der Waals surface area contributed by atoms with Gasteiger partial charge in [-0.25, -0.2) is 9.67 Å². The van der Waals surface area contributed by atoms with Gasteiger partial charge < -0.3 is 10.2 Å². The first kappa shape index (κ1) is 12.8. The number of rotatable bonds is 6. The van der Waals surface area contributed by atoms with Crippen LogP contribution in [0.25, 0.3) is 0 Å². The molecule has 0 fully saturated rings. The minimum Gasteiger partial charge on any atom is -0.469 e. The van der Waals surface area contributed by atoms with E-state index in [1.165, 1.54) is 0 Å².